The number of aliphatic hydroxyl groups excluding tert-OH is 1. The van der Waals surface area contributed by atoms with E-state index in [4.69, 9.17) is 4.74 Å². The molecule has 1 saturated heterocycles. The lowest BCUT2D eigenvalue weighted by molar-refractivity contribution is -0.123. The summed E-state index contributed by atoms with van der Waals surface area (Å²) in [6, 6.07) is 15.6. The number of nitrogens with one attached hydrogen (secondary N) is 1. The Labute approximate surface area is 179 Å². The molecule has 1 aliphatic carbocycles. The summed E-state index contributed by atoms with van der Waals surface area (Å²) in [5.74, 6) is 1.00. The number of fused-ring (bicyclic) bond motifs is 1. The van der Waals surface area contributed by atoms with Crippen molar-refractivity contribution < 1.29 is 14.6 Å². The largest absolute Gasteiger partial charge is 0.496 e. The van der Waals surface area contributed by atoms with E-state index in [1.807, 2.05) is 24.3 Å². The van der Waals surface area contributed by atoms with Gasteiger partial charge in [-0.25, -0.2) is 0 Å². The molecule has 1 amide bonds. The Morgan fingerprint density at radius 2 is 1.73 bits per heavy atom. The fourth-order valence-electron chi connectivity index (χ4n) is 4.92. The van der Waals surface area contributed by atoms with Gasteiger partial charge in [0.05, 0.1) is 13.2 Å². The van der Waals surface area contributed by atoms with Gasteiger partial charge in [0.1, 0.15) is 11.9 Å². The first-order valence-corrected chi connectivity index (χ1v) is 11.0. The highest BCUT2D eigenvalue weighted by Gasteiger charge is 2.30. The number of para-hydroxylation sites is 1. The molecule has 2 aromatic rings. The van der Waals surface area contributed by atoms with E-state index in [0.717, 1.165) is 31.5 Å². The number of hydrogen-bond donors (Lipinski definition) is 2. The van der Waals surface area contributed by atoms with Gasteiger partial charge < -0.3 is 20.1 Å². The Balaban J connectivity index is 1.43. The molecule has 0 aromatic heterocycles. The quantitative estimate of drug-likeness (QED) is 0.705. The number of aliphatic hydroxyl groups is 1. The van der Waals surface area contributed by atoms with Crippen LogP contribution in [0, 0.1) is 5.92 Å². The minimum Gasteiger partial charge on any atom is -0.496 e. The topological polar surface area (TPSA) is 61.8 Å². The van der Waals surface area contributed by atoms with Gasteiger partial charge in [-0.2, -0.15) is 0 Å². The Morgan fingerprint density at radius 3 is 2.40 bits per heavy atom. The number of amides is 1. The van der Waals surface area contributed by atoms with Gasteiger partial charge in [-0.1, -0.05) is 42.5 Å². The monoisotopic (exact) mass is 408 g/mol. The van der Waals surface area contributed by atoms with Crippen LogP contribution in [0.5, 0.6) is 5.75 Å². The number of likely N-dealkylation sites (tertiary alicyclic amines) is 1. The van der Waals surface area contributed by atoms with Crippen LogP contribution in [0.1, 0.15) is 42.1 Å². The number of benzene rings is 2. The third-order valence-electron chi connectivity index (χ3n) is 6.45. The summed E-state index contributed by atoms with van der Waals surface area (Å²) in [6.45, 7) is 2.68. The molecule has 1 heterocycles. The molecule has 5 heteroatoms. The first kappa shape index (κ1) is 20.9. The van der Waals surface area contributed by atoms with Crippen LogP contribution in [0.15, 0.2) is 48.5 Å². The van der Waals surface area contributed by atoms with Crippen molar-refractivity contribution in [2.45, 2.75) is 44.2 Å². The Hall–Kier alpha value is -2.37. The van der Waals surface area contributed by atoms with E-state index < -0.39 is 6.10 Å². The molecule has 160 valence electrons. The molecule has 0 radical (unpaired) electrons. The van der Waals surface area contributed by atoms with Crippen molar-refractivity contribution in [3.05, 3.63) is 65.2 Å². The zero-order chi connectivity index (χ0) is 20.9. The van der Waals surface area contributed by atoms with Gasteiger partial charge in [0.15, 0.2) is 0 Å². The molecule has 0 spiro atoms. The summed E-state index contributed by atoms with van der Waals surface area (Å²) < 4.78 is 5.45. The van der Waals surface area contributed by atoms with Gasteiger partial charge in [0.2, 0.25) is 5.91 Å². The molecule has 5 nitrogen and oxygen atoms in total. The van der Waals surface area contributed by atoms with E-state index >= 15 is 0 Å². The lowest BCUT2D eigenvalue weighted by Crippen LogP contribution is -2.47. The van der Waals surface area contributed by atoms with Crippen molar-refractivity contribution in [1.29, 1.82) is 0 Å². The second kappa shape index (κ2) is 9.63. The van der Waals surface area contributed by atoms with Gasteiger partial charge in [0, 0.05) is 18.5 Å². The predicted octanol–water partition coefficient (Wildman–Crippen LogP) is 3.11. The third kappa shape index (κ3) is 4.85. The molecule has 2 aromatic carbocycles. The van der Waals surface area contributed by atoms with E-state index in [1.54, 1.807) is 7.11 Å². The number of carbonyl (C=O) groups is 1. The predicted molar refractivity (Wildman–Crippen MR) is 118 cm³/mol. The van der Waals surface area contributed by atoms with Crippen molar-refractivity contribution in [2.75, 3.05) is 26.7 Å². The zero-order valence-electron chi connectivity index (χ0n) is 17.7. The van der Waals surface area contributed by atoms with Gasteiger partial charge >= 0.3 is 0 Å². The summed E-state index contributed by atoms with van der Waals surface area (Å²) in [6.07, 6.45) is 3.93. The molecule has 2 atom stereocenters. The molecule has 1 aliphatic heterocycles. The van der Waals surface area contributed by atoms with E-state index in [-0.39, 0.29) is 11.9 Å². The van der Waals surface area contributed by atoms with Crippen LogP contribution in [0.2, 0.25) is 0 Å². The molecule has 4 rings (SSSR count). The van der Waals surface area contributed by atoms with Crippen molar-refractivity contribution in [2.24, 2.45) is 5.92 Å². The minimum atomic E-state index is -0.813. The average Bonchev–Trinajstić information content (AvgIpc) is 3.41. The molecule has 0 bridgehead atoms. The molecule has 30 heavy (non-hydrogen) atoms. The van der Waals surface area contributed by atoms with Crippen LogP contribution in [0.4, 0.5) is 0 Å². The van der Waals surface area contributed by atoms with E-state index in [0.29, 0.717) is 24.6 Å². The SMILES string of the molecule is COc1ccccc1C(O)C(CN1CCCC1)NC(=O)CC1Cc2ccccc2C1. The van der Waals surface area contributed by atoms with Crippen LogP contribution in [0.3, 0.4) is 0 Å². The van der Waals surface area contributed by atoms with Crippen molar-refractivity contribution in [3.8, 4) is 5.75 Å². The number of hydrogen-bond acceptors (Lipinski definition) is 4. The molecule has 1 fully saturated rings. The average molecular weight is 409 g/mol. The van der Waals surface area contributed by atoms with Crippen LogP contribution >= 0.6 is 0 Å². The standard InChI is InChI=1S/C25H32N2O3/c1-30-23-11-5-4-10-21(23)25(29)22(17-27-12-6-7-13-27)26-24(28)16-18-14-19-8-2-3-9-20(19)15-18/h2-5,8-11,18,22,25,29H,6-7,12-17H2,1H3,(H,26,28). The summed E-state index contributed by atoms with van der Waals surface area (Å²) in [4.78, 5) is 15.3. The first-order chi connectivity index (χ1) is 14.6. The summed E-state index contributed by atoms with van der Waals surface area (Å²) >= 11 is 0. The van der Waals surface area contributed by atoms with Crippen molar-refractivity contribution >= 4 is 5.91 Å². The highest BCUT2D eigenvalue weighted by Crippen LogP contribution is 2.30. The summed E-state index contributed by atoms with van der Waals surface area (Å²) in [5, 5.41) is 14.3. The minimum absolute atomic E-state index is 0.0194. The number of carbonyl (C=O) groups excluding carboxylic acids is 1. The fourth-order valence-corrected chi connectivity index (χ4v) is 4.92. The first-order valence-electron chi connectivity index (χ1n) is 11.0. The van der Waals surface area contributed by atoms with E-state index in [2.05, 4.69) is 34.5 Å². The van der Waals surface area contributed by atoms with Gasteiger partial charge in [-0.15, -0.1) is 0 Å². The van der Waals surface area contributed by atoms with Gasteiger partial charge in [0.25, 0.3) is 0 Å². The van der Waals surface area contributed by atoms with Gasteiger partial charge in [-0.3, -0.25) is 4.79 Å². The molecule has 0 saturated carbocycles. The van der Waals surface area contributed by atoms with E-state index in [9.17, 15) is 9.90 Å². The smallest absolute Gasteiger partial charge is 0.220 e. The molecule has 2 unspecified atom stereocenters. The molecule has 2 N–H and O–H groups in total. The zero-order valence-corrected chi connectivity index (χ0v) is 17.7. The third-order valence-corrected chi connectivity index (χ3v) is 6.45. The second-order valence-corrected chi connectivity index (χ2v) is 8.62. The lowest BCUT2D eigenvalue weighted by Gasteiger charge is -2.29. The molecular weight excluding hydrogens is 376 g/mol. The second-order valence-electron chi connectivity index (χ2n) is 8.62. The van der Waals surface area contributed by atoms with E-state index in [1.165, 1.54) is 24.0 Å². The Morgan fingerprint density at radius 1 is 1.10 bits per heavy atom. The van der Waals surface area contributed by atoms with Crippen LogP contribution in [-0.4, -0.2) is 48.7 Å². The lowest BCUT2D eigenvalue weighted by atomic mass is 9.98. The highest BCUT2D eigenvalue weighted by atomic mass is 16.5. The maximum absolute atomic E-state index is 13.0. The Bertz CT molecular complexity index is 838. The number of rotatable bonds is 8. The van der Waals surface area contributed by atoms with Crippen molar-refractivity contribution in [1.82, 2.24) is 10.2 Å². The van der Waals surface area contributed by atoms with Gasteiger partial charge in [-0.05, 0) is 61.9 Å². The Kier molecular flexibility index (Phi) is 6.70. The van der Waals surface area contributed by atoms with Crippen LogP contribution in [-0.2, 0) is 17.6 Å². The fraction of sp³-hybridized carbons (Fsp3) is 0.480. The maximum Gasteiger partial charge on any atom is 0.220 e. The van der Waals surface area contributed by atoms with Crippen molar-refractivity contribution in [3.63, 3.8) is 0 Å². The highest BCUT2D eigenvalue weighted by molar-refractivity contribution is 5.77. The number of methoxy groups -OCH3 is 1. The number of nitrogens with zero attached hydrogens (tertiary/aromatic N) is 1. The van der Waals surface area contributed by atoms with Crippen LogP contribution in [0.25, 0.3) is 0 Å². The normalized spacial score (nSPS) is 18.7. The summed E-state index contributed by atoms with van der Waals surface area (Å²) in [7, 11) is 1.61. The number of ether oxygens (including phenoxy) is 1. The summed E-state index contributed by atoms with van der Waals surface area (Å²) in [5.41, 5.74) is 3.44. The molecular formula is C25H32N2O3. The van der Waals surface area contributed by atoms with Crippen LogP contribution < -0.4 is 10.1 Å². The molecule has 2 aliphatic rings. The maximum atomic E-state index is 13.0.